The van der Waals surface area contributed by atoms with E-state index in [4.69, 9.17) is 0 Å². The fourth-order valence-corrected chi connectivity index (χ4v) is 12.6. The van der Waals surface area contributed by atoms with Gasteiger partial charge in [0.05, 0.1) is 33.8 Å². The van der Waals surface area contributed by atoms with E-state index < -0.39 is 8.07 Å². The third kappa shape index (κ3) is 4.72. The van der Waals surface area contributed by atoms with Gasteiger partial charge in [-0.1, -0.05) is 127 Å². The monoisotopic (exact) mass is 652 g/mol. The zero-order valence-electron chi connectivity index (χ0n) is 27.0. The van der Waals surface area contributed by atoms with Gasteiger partial charge in [0.25, 0.3) is 0 Å². The standard InChI is InChI=1S/C45H28N4Si/c46-29-32-23-25-43-40(27-32)39-21-10-11-22-42(39)49(43)35-14-12-13-33(28-35)45-41(31-48)34(30-47)24-26-44(45)50(36-15-4-1-5-16-36,37-17-6-2-7-18-37)38-19-8-3-9-20-38/h1-28H. The molecular weight excluding hydrogens is 625 g/mol. The van der Waals surface area contributed by atoms with Crippen molar-refractivity contribution in [3.8, 4) is 35.0 Å². The summed E-state index contributed by atoms with van der Waals surface area (Å²) in [6, 6.07) is 65.0. The molecule has 0 aliphatic rings. The Morgan fingerprint density at radius 3 is 1.66 bits per heavy atom. The van der Waals surface area contributed by atoms with Crippen LogP contribution < -0.4 is 20.7 Å². The number of para-hydroxylation sites is 1. The third-order valence-corrected chi connectivity index (χ3v) is 14.5. The van der Waals surface area contributed by atoms with Gasteiger partial charge in [-0.3, -0.25) is 0 Å². The molecule has 0 amide bonds. The molecule has 0 saturated heterocycles. The number of fused-ring (bicyclic) bond motifs is 3. The second kappa shape index (κ2) is 12.6. The summed E-state index contributed by atoms with van der Waals surface area (Å²) in [4.78, 5) is 0. The van der Waals surface area contributed by atoms with Gasteiger partial charge in [-0.05, 0) is 68.8 Å². The van der Waals surface area contributed by atoms with Gasteiger partial charge in [0.2, 0.25) is 0 Å². The molecule has 0 fully saturated rings. The van der Waals surface area contributed by atoms with Crippen molar-refractivity contribution in [2.45, 2.75) is 0 Å². The quantitative estimate of drug-likeness (QED) is 0.138. The highest BCUT2D eigenvalue weighted by molar-refractivity contribution is 7.20. The summed E-state index contributed by atoms with van der Waals surface area (Å²) in [5.74, 6) is 0. The Bertz CT molecular complexity index is 2580. The largest absolute Gasteiger partial charge is 0.309 e. The lowest BCUT2D eigenvalue weighted by Crippen LogP contribution is -2.75. The summed E-state index contributed by atoms with van der Waals surface area (Å²) in [6.45, 7) is 0. The second-order valence-corrected chi connectivity index (χ2v) is 16.0. The summed E-state index contributed by atoms with van der Waals surface area (Å²) in [6.07, 6.45) is 0. The zero-order valence-corrected chi connectivity index (χ0v) is 28.0. The Morgan fingerprint density at radius 1 is 0.460 bits per heavy atom. The van der Waals surface area contributed by atoms with E-state index in [0.29, 0.717) is 16.7 Å². The second-order valence-electron chi connectivity index (χ2n) is 12.2. The highest BCUT2D eigenvalue weighted by Crippen LogP contribution is 2.35. The molecule has 0 unspecified atom stereocenters. The van der Waals surface area contributed by atoms with Crippen molar-refractivity contribution in [1.29, 1.82) is 15.8 Å². The van der Waals surface area contributed by atoms with Gasteiger partial charge in [0.15, 0.2) is 8.07 Å². The first kappa shape index (κ1) is 30.4. The Morgan fingerprint density at radius 2 is 1.06 bits per heavy atom. The number of benzene rings is 7. The van der Waals surface area contributed by atoms with Crippen molar-refractivity contribution in [2.75, 3.05) is 0 Å². The topological polar surface area (TPSA) is 76.3 Å². The molecule has 8 rings (SSSR count). The summed E-state index contributed by atoms with van der Waals surface area (Å²) in [7, 11) is -3.09. The van der Waals surface area contributed by atoms with Crippen LogP contribution in [0, 0.1) is 34.0 Å². The van der Waals surface area contributed by atoms with E-state index >= 15 is 0 Å². The fourth-order valence-electron chi connectivity index (χ4n) is 7.58. The maximum atomic E-state index is 10.9. The molecular formula is C45H28N4Si. The number of aromatic nitrogens is 1. The van der Waals surface area contributed by atoms with Crippen molar-refractivity contribution in [3.63, 3.8) is 0 Å². The zero-order chi connectivity index (χ0) is 34.1. The highest BCUT2D eigenvalue weighted by atomic mass is 28.3. The summed E-state index contributed by atoms with van der Waals surface area (Å²) >= 11 is 0. The average Bonchev–Trinajstić information content (AvgIpc) is 3.53. The van der Waals surface area contributed by atoms with Gasteiger partial charge >= 0.3 is 0 Å². The van der Waals surface area contributed by atoms with E-state index in [-0.39, 0.29) is 0 Å². The minimum absolute atomic E-state index is 0.342. The Hall–Kier alpha value is -6.97. The first-order valence-electron chi connectivity index (χ1n) is 16.4. The van der Waals surface area contributed by atoms with Gasteiger partial charge in [-0.15, -0.1) is 0 Å². The predicted octanol–water partition coefficient (Wildman–Crippen LogP) is 7.44. The predicted molar refractivity (Wildman–Crippen MR) is 204 cm³/mol. The van der Waals surface area contributed by atoms with Crippen LogP contribution in [0.2, 0.25) is 0 Å². The van der Waals surface area contributed by atoms with Crippen LogP contribution >= 0.6 is 0 Å². The average molecular weight is 653 g/mol. The van der Waals surface area contributed by atoms with E-state index in [1.165, 1.54) is 15.6 Å². The molecule has 0 aliphatic carbocycles. The fraction of sp³-hybridized carbons (Fsp3) is 0. The number of nitrogens with zero attached hydrogens (tertiary/aromatic N) is 4. The first-order valence-corrected chi connectivity index (χ1v) is 18.4. The van der Waals surface area contributed by atoms with Gasteiger partial charge < -0.3 is 4.57 Å². The van der Waals surface area contributed by atoms with Crippen LogP contribution in [0.1, 0.15) is 16.7 Å². The Balaban J connectivity index is 1.49. The molecule has 4 nitrogen and oxygen atoms in total. The van der Waals surface area contributed by atoms with E-state index in [1.54, 1.807) is 0 Å². The highest BCUT2D eigenvalue weighted by Gasteiger charge is 2.43. The Labute approximate surface area is 291 Å². The van der Waals surface area contributed by atoms with Gasteiger partial charge in [0.1, 0.15) is 12.1 Å². The van der Waals surface area contributed by atoms with Crippen LogP contribution in [0.5, 0.6) is 0 Å². The SMILES string of the molecule is N#Cc1ccc2c(c1)c1ccccc1n2-c1cccc(-c2c([Si](c3ccccc3)(c3ccccc3)c3ccccc3)ccc(C#N)c2C#N)c1. The van der Waals surface area contributed by atoms with E-state index in [9.17, 15) is 15.8 Å². The molecule has 1 heterocycles. The summed E-state index contributed by atoms with van der Waals surface area (Å²) in [5, 5.41) is 37.5. The molecule has 0 radical (unpaired) electrons. The van der Waals surface area contributed by atoms with Crippen LogP contribution in [0.4, 0.5) is 0 Å². The van der Waals surface area contributed by atoms with Crippen LogP contribution in [0.15, 0.2) is 170 Å². The molecule has 0 saturated carbocycles. The lowest BCUT2D eigenvalue weighted by atomic mass is 9.96. The molecule has 1 aromatic heterocycles. The van der Waals surface area contributed by atoms with Crippen molar-refractivity contribution in [2.24, 2.45) is 0 Å². The number of hydrogen-bond acceptors (Lipinski definition) is 3. The molecule has 0 spiro atoms. The molecule has 0 N–H and O–H groups in total. The van der Waals surface area contributed by atoms with Crippen molar-refractivity contribution >= 4 is 50.6 Å². The number of hydrogen-bond donors (Lipinski definition) is 0. The Kier molecular flexibility index (Phi) is 7.63. The van der Waals surface area contributed by atoms with Crippen molar-refractivity contribution < 1.29 is 0 Å². The number of nitriles is 3. The minimum Gasteiger partial charge on any atom is -0.309 e. The minimum atomic E-state index is -3.09. The van der Waals surface area contributed by atoms with Gasteiger partial charge in [-0.2, -0.15) is 15.8 Å². The first-order chi connectivity index (χ1) is 24.7. The molecule has 0 aliphatic heterocycles. The molecule has 7 aromatic carbocycles. The molecule has 8 aromatic rings. The van der Waals surface area contributed by atoms with Gasteiger partial charge in [0, 0.05) is 22.0 Å². The maximum absolute atomic E-state index is 10.9. The van der Waals surface area contributed by atoms with E-state index in [1.807, 2.05) is 66.7 Å². The smallest absolute Gasteiger partial charge is 0.180 e. The molecule has 0 bridgehead atoms. The van der Waals surface area contributed by atoms with Crippen LogP contribution in [0.3, 0.4) is 0 Å². The third-order valence-electron chi connectivity index (χ3n) is 9.66. The van der Waals surface area contributed by atoms with E-state index in [2.05, 4.69) is 126 Å². The number of rotatable bonds is 6. The summed E-state index contributed by atoms with van der Waals surface area (Å²) in [5.41, 5.74) is 5.85. The normalized spacial score (nSPS) is 11.1. The molecule has 232 valence electrons. The summed E-state index contributed by atoms with van der Waals surface area (Å²) < 4.78 is 2.21. The van der Waals surface area contributed by atoms with Crippen LogP contribution in [-0.4, -0.2) is 12.6 Å². The molecule has 50 heavy (non-hydrogen) atoms. The van der Waals surface area contributed by atoms with Crippen LogP contribution in [0.25, 0.3) is 38.6 Å². The van der Waals surface area contributed by atoms with Crippen molar-refractivity contribution in [1.82, 2.24) is 4.57 Å². The van der Waals surface area contributed by atoms with E-state index in [0.717, 1.165) is 43.8 Å². The molecule has 0 atom stereocenters. The van der Waals surface area contributed by atoms with Crippen LogP contribution in [-0.2, 0) is 0 Å². The van der Waals surface area contributed by atoms with Gasteiger partial charge in [-0.25, -0.2) is 0 Å². The molecule has 5 heteroatoms. The lowest BCUT2D eigenvalue weighted by molar-refractivity contribution is 1.18. The maximum Gasteiger partial charge on any atom is 0.180 e. The van der Waals surface area contributed by atoms with Crippen molar-refractivity contribution in [3.05, 3.63) is 187 Å². The lowest BCUT2D eigenvalue weighted by Gasteiger charge is -2.36.